The summed E-state index contributed by atoms with van der Waals surface area (Å²) in [6.45, 7) is 14.3. The van der Waals surface area contributed by atoms with Crippen LogP contribution in [0.5, 0.6) is 0 Å². The molecule has 1 saturated heterocycles. The van der Waals surface area contributed by atoms with Gasteiger partial charge in [0.1, 0.15) is 5.60 Å². The van der Waals surface area contributed by atoms with Crippen LogP contribution < -0.4 is 0 Å². The third-order valence-electron chi connectivity index (χ3n) is 4.93. The van der Waals surface area contributed by atoms with Crippen molar-refractivity contribution in [3.8, 4) is 0 Å². The van der Waals surface area contributed by atoms with Crippen molar-refractivity contribution in [1.29, 1.82) is 0 Å². The van der Waals surface area contributed by atoms with Gasteiger partial charge in [-0.25, -0.2) is 0 Å². The average Bonchev–Trinajstić information content (AvgIpc) is 3.12. The molecular weight excluding hydrogens is 268 g/mol. The molecule has 20 heavy (non-hydrogen) atoms. The van der Waals surface area contributed by atoms with Gasteiger partial charge < -0.3 is 14.3 Å². The molecule has 1 rings (SSSR count). The molecule has 1 N–H and O–H groups in total. The molecule has 1 fully saturated rings. The van der Waals surface area contributed by atoms with Crippen molar-refractivity contribution in [2.24, 2.45) is 0 Å². The molecule has 0 aliphatic carbocycles. The van der Waals surface area contributed by atoms with Crippen molar-refractivity contribution >= 4 is 8.32 Å². The van der Waals surface area contributed by atoms with Crippen LogP contribution in [0.15, 0.2) is 0 Å². The summed E-state index contributed by atoms with van der Waals surface area (Å²) in [5.41, 5.74) is -0.401. The third kappa shape index (κ3) is 4.55. The number of aliphatic hydroxyl groups is 1. The lowest BCUT2D eigenvalue weighted by atomic mass is 9.98. The van der Waals surface area contributed by atoms with Gasteiger partial charge in [-0.1, -0.05) is 53.4 Å². The van der Waals surface area contributed by atoms with Gasteiger partial charge in [0, 0.05) is 0 Å². The first-order chi connectivity index (χ1) is 9.18. The molecule has 0 aromatic heterocycles. The lowest BCUT2D eigenvalue weighted by Crippen LogP contribution is -2.49. The summed E-state index contributed by atoms with van der Waals surface area (Å²) in [6.07, 6.45) is 6.00. The molecule has 4 heteroatoms. The number of rotatable bonds is 9. The molecule has 0 aromatic rings. The van der Waals surface area contributed by atoms with E-state index in [0.29, 0.717) is 6.61 Å². The first-order valence-electron chi connectivity index (χ1n) is 8.11. The van der Waals surface area contributed by atoms with Crippen LogP contribution in [0.4, 0.5) is 0 Å². The normalized spacial score (nSPS) is 24.8. The highest BCUT2D eigenvalue weighted by molar-refractivity contribution is 6.74. The predicted molar refractivity (Wildman–Crippen MR) is 86.6 cm³/mol. The summed E-state index contributed by atoms with van der Waals surface area (Å²) in [6, 6.07) is 0. The van der Waals surface area contributed by atoms with Crippen LogP contribution in [0.25, 0.3) is 0 Å². The molecule has 0 spiro atoms. The largest absolute Gasteiger partial charge is 0.411 e. The topological polar surface area (TPSA) is 42.0 Å². The van der Waals surface area contributed by atoms with Crippen LogP contribution in [0, 0.1) is 0 Å². The zero-order valence-corrected chi connectivity index (χ0v) is 15.3. The molecule has 1 aliphatic heterocycles. The first-order valence-corrected chi connectivity index (χ1v) is 11.0. The quantitative estimate of drug-likeness (QED) is 0.396. The summed E-state index contributed by atoms with van der Waals surface area (Å²) in [7, 11) is -1.81. The Bertz CT molecular complexity index is 293. The lowest BCUT2D eigenvalue weighted by Gasteiger charge is -2.40. The Labute approximate surface area is 126 Å². The van der Waals surface area contributed by atoms with E-state index in [2.05, 4.69) is 40.8 Å². The average molecular weight is 303 g/mol. The number of hydrogen-bond acceptors (Lipinski definition) is 3. The van der Waals surface area contributed by atoms with Gasteiger partial charge in [-0.15, -0.1) is 0 Å². The molecule has 1 heterocycles. The summed E-state index contributed by atoms with van der Waals surface area (Å²) < 4.78 is 12.1. The van der Waals surface area contributed by atoms with E-state index in [1.54, 1.807) is 0 Å². The van der Waals surface area contributed by atoms with E-state index in [9.17, 15) is 5.11 Å². The lowest BCUT2D eigenvalue weighted by molar-refractivity contribution is 0.0376. The first kappa shape index (κ1) is 18.1. The fraction of sp³-hybridized carbons (Fsp3) is 1.00. The minimum absolute atomic E-state index is 0.0604. The number of hydrogen-bond donors (Lipinski definition) is 1. The van der Waals surface area contributed by atoms with Crippen LogP contribution in [-0.2, 0) is 9.16 Å². The van der Waals surface area contributed by atoms with E-state index in [0.717, 1.165) is 12.8 Å². The molecular formula is C16H34O3Si. The Morgan fingerprint density at radius 1 is 1.25 bits per heavy atom. The Morgan fingerprint density at radius 3 is 2.25 bits per heavy atom. The Balaban J connectivity index is 2.64. The SMILES string of the molecule is CCCCCC[C@H](O[Si](C)(C)C(C)(C)C)[C@]1(CO)CO1. The number of epoxide rings is 1. The van der Waals surface area contributed by atoms with Crippen molar-refractivity contribution in [2.45, 2.75) is 89.6 Å². The van der Waals surface area contributed by atoms with Crippen molar-refractivity contribution in [1.82, 2.24) is 0 Å². The summed E-state index contributed by atoms with van der Waals surface area (Å²) in [5.74, 6) is 0. The second kappa shape index (κ2) is 6.90. The van der Waals surface area contributed by atoms with Crippen LogP contribution in [0.2, 0.25) is 18.1 Å². The summed E-state index contributed by atoms with van der Waals surface area (Å²) in [5, 5.41) is 9.83. The van der Waals surface area contributed by atoms with E-state index < -0.39 is 13.9 Å². The molecule has 3 nitrogen and oxygen atoms in total. The highest BCUT2D eigenvalue weighted by Gasteiger charge is 2.54. The molecule has 0 saturated carbocycles. The highest BCUT2D eigenvalue weighted by Crippen LogP contribution is 2.42. The van der Waals surface area contributed by atoms with Gasteiger partial charge >= 0.3 is 0 Å². The summed E-state index contributed by atoms with van der Waals surface area (Å²) >= 11 is 0. The minimum atomic E-state index is -1.81. The summed E-state index contributed by atoms with van der Waals surface area (Å²) in [4.78, 5) is 0. The fourth-order valence-corrected chi connectivity index (χ4v) is 3.59. The number of unbranched alkanes of at least 4 members (excludes halogenated alkanes) is 3. The van der Waals surface area contributed by atoms with Gasteiger partial charge in [0.05, 0.1) is 19.3 Å². The Kier molecular flexibility index (Phi) is 6.26. The van der Waals surface area contributed by atoms with Crippen molar-refractivity contribution < 1.29 is 14.3 Å². The maximum absolute atomic E-state index is 9.64. The van der Waals surface area contributed by atoms with E-state index >= 15 is 0 Å². The van der Waals surface area contributed by atoms with Crippen molar-refractivity contribution in [3.05, 3.63) is 0 Å². The van der Waals surface area contributed by atoms with Crippen LogP contribution in [-0.4, -0.2) is 38.3 Å². The standard InChI is InChI=1S/C16H34O3Si/c1-7-8-9-10-11-14(16(12-17)13-18-16)19-20(5,6)15(2,3)4/h14,17H,7-13H2,1-6H3/t14-,16-/m0/s1. The zero-order chi connectivity index (χ0) is 15.4. The smallest absolute Gasteiger partial charge is 0.192 e. The molecule has 0 bridgehead atoms. The molecule has 1 aliphatic rings. The Morgan fingerprint density at radius 2 is 1.85 bits per heavy atom. The molecule has 0 unspecified atom stereocenters. The van der Waals surface area contributed by atoms with E-state index in [4.69, 9.17) is 9.16 Å². The van der Waals surface area contributed by atoms with Gasteiger partial charge in [0.15, 0.2) is 8.32 Å². The van der Waals surface area contributed by atoms with Gasteiger partial charge in [-0.05, 0) is 24.6 Å². The number of aliphatic hydroxyl groups excluding tert-OH is 1. The minimum Gasteiger partial charge on any atom is -0.411 e. The van der Waals surface area contributed by atoms with E-state index in [1.165, 1.54) is 19.3 Å². The van der Waals surface area contributed by atoms with Gasteiger partial charge in [-0.2, -0.15) is 0 Å². The maximum atomic E-state index is 9.64. The predicted octanol–water partition coefficient (Wildman–Crippen LogP) is 4.11. The Hall–Kier alpha value is 0.0969. The van der Waals surface area contributed by atoms with Crippen LogP contribution in [0.1, 0.15) is 59.8 Å². The van der Waals surface area contributed by atoms with Crippen LogP contribution in [0.3, 0.4) is 0 Å². The second-order valence-corrected chi connectivity index (χ2v) is 12.5. The molecule has 120 valence electrons. The van der Waals surface area contributed by atoms with Gasteiger partial charge in [-0.3, -0.25) is 0 Å². The molecule has 0 amide bonds. The van der Waals surface area contributed by atoms with E-state index in [1.807, 2.05) is 0 Å². The zero-order valence-electron chi connectivity index (χ0n) is 14.3. The monoisotopic (exact) mass is 302 g/mol. The van der Waals surface area contributed by atoms with Crippen LogP contribution >= 0.6 is 0 Å². The van der Waals surface area contributed by atoms with E-state index in [-0.39, 0.29) is 17.7 Å². The van der Waals surface area contributed by atoms with Gasteiger partial charge in [0.25, 0.3) is 0 Å². The number of ether oxygens (including phenoxy) is 1. The third-order valence-corrected chi connectivity index (χ3v) is 9.42. The second-order valence-electron chi connectivity index (χ2n) is 7.73. The highest BCUT2D eigenvalue weighted by atomic mass is 28.4. The molecule has 2 atom stereocenters. The molecule has 0 aromatic carbocycles. The van der Waals surface area contributed by atoms with Gasteiger partial charge in [0.2, 0.25) is 0 Å². The maximum Gasteiger partial charge on any atom is 0.192 e. The fourth-order valence-electron chi connectivity index (χ4n) is 2.19. The van der Waals surface area contributed by atoms with Crippen molar-refractivity contribution in [3.63, 3.8) is 0 Å². The van der Waals surface area contributed by atoms with Crippen molar-refractivity contribution in [2.75, 3.05) is 13.2 Å². The molecule has 0 radical (unpaired) electrons.